The summed E-state index contributed by atoms with van der Waals surface area (Å²) in [5.74, 6) is 0.0626. The van der Waals surface area contributed by atoms with Crippen molar-refractivity contribution in [2.75, 3.05) is 18.1 Å². The molecule has 182 valence electrons. The number of carbonyl (C=O) groups excluding carboxylic acids is 2. The Morgan fingerprint density at radius 2 is 1.68 bits per heavy atom. The first kappa shape index (κ1) is 25.3. The van der Waals surface area contributed by atoms with E-state index in [1.807, 2.05) is 12.1 Å². The lowest BCUT2D eigenvalue weighted by atomic mass is 9.84. The average Bonchev–Trinajstić information content (AvgIpc) is 2.82. The second-order valence-corrected chi connectivity index (χ2v) is 9.07. The molecule has 0 radical (unpaired) electrons. The molecule has 1 saturated carbocycles. The van der Waals surface area contributed by atoms with Gasteiger partial charge in [-0.3, -0.25) is 0 Å². The van der Waals surface area contributed by atoms with Gasteiger partial charge in [-0.1, -0.05) is 38.3 Å². The summed E-state index contributed by atoms with van der Waals surface area (Å²) in [6, 6.07) is 12.3. The van der Waals surface area contributed by atoms with Crippen LogP contribution in [0.1, 0.15) is 73.4 Å². The number of rotatable bonds is 10. The predicted molar refractivity (Wildman–Crippen MR) is 136 cm³/mol. The van der Waals surface area contributed by atoms with Gasteiger partial charge in [0.05, 0.1) is 12.2 Å². The Kier molecular flexibility index (Phi) is 9.56. The van der Waals surface area contributed by atoms with Gasteiger partial charge >= 0.3 is 11.9 Å². The van der Waals surface area contributed by atoms with Crippen LogP contribution in [0.2, 0.25) is 0 Å². The van der Waals surface area contributed by atoms with Gasteiger partial charge in [-0.15, -0.1) is 0 Å². The molecule has 0 aromatic heterocycles. The number of esters is 2. The molecule has 34 heavy (non-hydrogen) atoms. The summed E-state index contributed by atoms with van der Waals surface area (Å²) in [6.07, 6.45) is 11.6. The van der Waals surface area contributed by atoms with Crippen molar-refractivity contribution in [2.45, 2.75) is 64.4 Å². The van der Waals surface area contributed by atoms with Crippen molar-refractivity contribution in [1.29, 1.82) is 0 Å². The summed E-state index contributed by atoms with van der Waals surface area (Å²) >= 11 is 0. The van der Waals surface area contributed by atoms with Gasteiger partial charge in [0.2, 0.25) is 0 Å². The number of nitrogen functional groups attached to an aromatic ring is 2. The van der Waals surface area contributed by atoms with E-state index in [9.17, 15) is 9.59 Å². The number of carbonyl (C=O) groups is 2. The predicted octanol–water partition coefficient (Wildman–Crippen LogP) is 5.56. The third-order valence-corrected chi connectivity index (χ3v) is 6.26. The van der Waals surface area contributed by atoms with Crippen LogP contribution in [0.5, 0.6) is 0 Å². The van der Waals surface area contributed by atoms with Crippen LogP contribution in [0.4, 0.5) is 11.4 Å². The Morgan fingerprint density at radius 3 is 2.32 bits per heavy atom. The van der Waals surface area contributed by atoms with E-state index in [1.165, 1.54) is 25.3 Å². The summed E-state index contributed by atoms with van der Waals surface area (Å²) < 4.78 is 11.0. The lowest BCUT2D eigenvalue weighted by Crippen LogP contribution is -2.24. The van der Waals surface area contributed by atoms with Gasteiger partial charge in [0.1, 0.15) is 6.10 Å². The fourth-order valence-electron chi connectivity index (χ4n) is 4.35. The van der Waals surface area contributed by atoms with E-state index in [1.54, 1.807) is 36.4 Å². The van der Waals surface area contributed by atoms with E-state index in [0.717, 1.165) is 42.7 Å². The summed E-state index contributed by atoms with van der Waals surface area (Å²) in [6.45, 7) is 2.46. The minimum Gasteiger partial charge on any atom is -0.462 e. The molecule has 0 saturated heterocycles. The van der Waals surface area contributed by atoms with Gasteiger partial charge in [0.15, 0.2) is 0 Å². The normalized spacial score (nSPS) is 18.0. The van der Waals surface area contributed by atoms with Crippen molar-refractivity contribution in [2.24, 2.45) is 5.92 Å². The SMILES string of the molecule is CCCCC1CCC(OC(=O)c2ccc(/C=C/C(=O)OCCc3cc(N)cc(N)c3)cc2)CC1. The molecule has 0 spiro atoms. The molecule has 2 aromatic rings. The number of hydrogen-bond donors (Lipinski definition) is 2. The Bertz CT molecular complexity index is 956. The Labute approximate surface area is 202 Å². The third-order valence-electron chi connectivity index (χ3n) is 6.26. The number of benzene rings is 2. The van der Waals surface area contributed by atoms with E-state index < -0.39 is 5.97 Å². The van der Waals surface area contributed by atoms with E-state index >= 15 is 0 Å². The standard InChI is InChI=1S/C28H36N2O4/c1-2-3-4-20-7-12-26(13-8-20)34-28(32)23-10-5-21(6-11-23)9-14-27(31)33-16-15-22-17-24(29)19-25(30)18-22/h5-6,9-11,14,17-20,26H,2-4,7-8,12-13,15-16,29-30H2,1H3/b14-9+. The van der Waals surface area contributed by atoms with Crippen molar-refractivity contribution >= 4 is 29.4 Å². The van der Waals surface area contributed by atoms with Crippen molar-refractivity contribution in [3.63, 3.8) is 0 Å². The maximum absolute atomic E-state index is 12.5. The van der Waals surface area contributed by atoms with Crippen LogP contribution < -0.4 is 11.5 Å². The maximum atomic E-state index is 12.5. The van der Waals surface area contributed by atoms with E-state index in [2.05, 4.69) is 6.92 Å². The van der Waals surface area contributed by atoms with Crippen molar-refractivity contribution < 1.29 is 19.1 Å². The smallest absolute Gasteiger partial charge is 0.338 e. The minimum atomic E-state index is -0.435. The van der Waals surface area contributed by atoms with Gasteiger partial charge in [0, 0.05) is 23.9 Å². The molecule has 0 bridgehead atoms. The highest BCUT2D eigenvalue weighted by atomic mass is 16.5. The molecule has 2 aromatic carbocycles. The summed E-state index contributed by atoms with van der Waals surface area (Å²) in [4.78, 5) is 24.5. The van der Waals surface area contributed by atoms with Crippen LogP contribution in [0, 0.1) is 5.92 Å². The zero-order valence-electron chi connectivity index (χ0n) is 20.0. The molecule has 4 N–H and O–H groups in total. The van der Waals surface area contributed by atoms with Gasteiger partial charge in [-0.25, -0.2) is 9.59 Å². The highest BCUT2D eigenvalue weighted by molar-refractivity contribution is 5.90. The molecule has 0 heterocycles. The van der Waals surface area contributed by atoms with E-state index in [-0.39, 0.29) is 18.7 Å². The molecular formula is C28H36N2O4. The number of nitrogens with two attached hydrogens (primary N) is 2. The monoisotopic (exact) mass is 464 g/mol. The summed E-state index contributed by atoms with van der Waals surface area (Å²) in [5.41, 5.74) is 15.0. The fourth-order valence-corrected chi connectivity index (χ4v) is 4.35. The third kappa shape index (κ3) is 8.25. The second-order valence-electron chi connectivity index (χ2n) is 9.07. The largest absolute Gasteiger partial charge is 0.462 e. The van der Waals surface area contributed by atoms with E-state index in [0.29, 0.717) is 23.4 Å². The summed E-state index contributed by atoms with van der Waals surface area (Å²) in [5, 5.41) is 0. The first-order valence-electron chi connectivity index (χ1n) is 12.2. The van der Waals surface area contributed by atoms with Gasteiger partial charge in [-0.2, -0.15) is 0 Å². The molecule has 6 nitrogen and oxygen atoms in total. The molecule has 3 rings (SSSR count). The number of unbranched alkanes of at least 4 members (excludes halogenated alkanes) is 1. The van der Waals surface area contributed by atoms with Crippen molar-refractivity contribution in [3.05, 3.63) is 65.2 Å². The van der Waals surface area contributed by atoms with Gasteiger partial charge in [-0.05, 0) is 79.1 Å². The zero-order chi connectivity index (χ0) is 24.3. The molecule has 0 atom stereocenters. The van der Waals surface area contributed by atoms with Crippen LogP contribution in [-0.4, -0.2) is 24.6 Å². The number of ether oxygens (including phenoxy) is 2. The molecule has 1 aliphatic rings. The maximum Gasteiger partial charge on any atom is 0.338 e. The second kappa shape index (κ2) is 12.8. The van der Waals surface area contributed by atoms with Crippen molar-refractivity contribution in [1.82, 2.24) is 0 Å². The highest BCUT2D eigenvalue weighted by Gasteiger charge is 2.24. The van der Waals surface area contributed by atoms with Crippen LogP contribution in [0.15, 0.2) is 48.5 Å². The van der Waals surface area contributed by atoms with Crippen LogP contribution in [0.3, 0.4) is 0 Å². The first-order chi connectivity index (χ1) is 16.4. The molecule has 0 amide bonds. The quantitative estimate of drug-likeness (QED) is 0.271. The highest BCUT2D eigenvalue weighted by Crippen LogP contribution is 2.30. The first-order valence-corrected chi connectivity index (χ1v) is 12.2. The van der Waals surface area contributed by atoms with Crippen LogP contribution >= 0.6 is 0 Å². The Balaban J connectivity index is 1.40. The van der Waals surface area contributed by atoms with Gasteiger partial charge < -0.3 is 20.9 Å². The summed E-state index contributed by atoms with van der Waals surface area (Å²) in [7, 11) is 0. The molecule has 1 aliphatic carbocycles. The lowest BCUT2D eigenvalue weighted by molar-refractivity contribution is -0.137. The van der Waals surface area contributed by atoms with Crippen LogP contribution in [0.25, 0.3) is 6.08 Å². The van der Waals surface area contributed by atoms with E-state index in [4.69, 9.17) is 20.9 Å². The number of hydrogen-bond acceptors (Lipinski definition) is 6. The van der Waals surface area contributed by atoms with Gasteiger partial charge in [0.25, 0.3) is 0 Å². The van der Waals surface area contributed by atoms with Crippen molar-refractivity contribution in [3.8, 4) is 0 Å². The number of anilines is 2. The minimum absolute atomic E-state index is 0.0171. The topological polar surface area (TPSA) is 105 Å². The molecule has 0 aliphatic heterocycles. The molecule has 1 fully saturated rings. The zero-order valence-corrected chi connectivity index (χ0v) is 20.0. The lowest BCUT2D eigenvalue weighted by Gasteiger charge is -2.28. The molecular weight excluding hydrogens is 428 g/mol. The van der Waals surface area contributed by atoms with Crippen LogP contribution in [-0.2, 0) is 20.7 Å². The Morgan fingerprint density at radius 1 is 1.00 bits per heavy atom. The Hall–Kier alpha value is -3.28. The average molecular weight is 465 g/mol. The fraction of sp³-hybridized carbons (Fsp3) is 0.429. The molecule has 0 unspecified atom stereocenters. The molecule has 6 heteroatoms.